The third-order valence-electron chi connectivity index (χ3n) is 3.31. The van der Waals surface area contributed by atoms with Gasteiger partial charge in [0.05, 0.1) is 0 Å². The van der Waals surface area contributed by atoms with Gasteiger partial charge in [-0.15, -0.1) is 0 Å². The van der Waals surface area contributed by atoms with E-state index in [2.05, 4.69) is 32.9 Å². The smallest absolute Gasteiger partial charge is 0.339 e. The summed E-state index contributed by atoms with van der Waals surface area (Å²) in [5.41, 5.74) is 2.99. The second-order valence-electron chi connectivity index (χ2n) is 5.86. The zero-order valence-electron chi connectivity index (χ0n) is 11.8. The number of rotatable bonds is 2. The zero-order chi connectivity index (χ0) is 14.9. The van der Waals surface area contributed by atoms with Crippen LogP contribution in [0.2, 0.25) is 0 Å². The maximum Gasteiger partial charge on any atom is 0.339 e. The lowest BCUT2D eigenvalue weighted by molar-refractivity contribution is 0.0694. The maximum absolute atomic E-state index is 10.9. The molecule has 0 aromatic heterocycles. The highest BCUT2D eigenvalue weighted by Gasteiger charge is 2.14. The molecule has 0 heterocycles. The van der Waals surface area contributed by atoms with Gasteiger partial charge in [0.25, 0.3) is 0 Å². The Labute approximate surface area is 118 Å². The maximum atomic E-state index is 10.9. The van der Waals surface area contributed by atoms with Gasteiger partial charge in [0, 0.05) is 0 Å². The molecule has 104 valence electrons. The molecule has 0 aliphatic rings. The first-order chi connectivity index (χ1) is 9.29. The summed E-state index contributed by atoms with van der Waals surface area (Å²) in [6, 6.07) is 12.7. The van der Waals surface area contributed by atoms with Gasteiger partial charge in [-0.05, 0) is 34.2 Å². The standard InChI is InChI=1S/C17H18O3/c1-17(2,3)13-7-4-11(5-8-13)12-6-9-14(16(19)20)15(18)10-12/h4-10,18H,1-3H3,(H,19,20). The highest BCUT2D eigenvalue weighted by Crippen LogP contribution is 2.29. The average Bonchev–Trinajstić information content (AvgIpc) is 2.37. The zero-order valence-corrected chi connectivity index (χ0v) is 11.8. The number of carboxylic acids is 1. The van der Waals surface area contributed by atoms with Gasteiger partial charge in [-0.1, -0.05) is 51.1 Å². The highest BCUT2D eigenvalue weighted by molar-refractivity contribution is 5.91. The fourth-order valence-electron chi connectivity index (χ4n) is 2.05. The summed E-state index contributed by atoms with van der Waals surface area (Å²) in [5.74, 6) is -1.34. The Bertz CT molecular complexity index is 634. The predicted molar refractivity (Wildman–Crippen MR) is 79.2 cm³/mol. The molecular weight excluding hydrogens is 252 g/mol. The number of aromatic carboxylic acids is 1. The number of hydrogen-bond acceptors (Lipinski definition) is 2. The molecule has 3 heteroatoms. The molecule has 0 amide bonds. The SMILES string of the molecule is CC(C)(C)c1ccc(-c2ccc(C(=O)O)c(O)c2)cc1. The Kier molecular flexibility index (Phi) is 3.53. The Morgan fingerprint density at radius 3 is 1.95 bits per heavy atom. The van der Waals surface area contributed by atoms with Crippen LogP contribution in [-0.4, -0.2) is 16.2 Å². The van der Waals surface area contributed by atoms with E-state index in [1.807, 2.05) is 12.1 Å². The van der Waals surface area contributed by atoms with E-state index in [0.717, 1.165) is 11.1 Å². The Hall–Kier alpha value is -2.29. The fraction of sp³-hybridized carbons (Fsp3) is 0.235. The first kappa shape index (κ1) is 14.1. The molecule has 2 N–H and O–H groups in total. The summed E-state index contributed by atoms with van der Waals surface area (Å²) in [6.45, 7) is 6.44. The van der Waals surface area contributed by atoms with Crippen molar-refractivity contribution in [3.05, 3.63) is 53.6 Å². The molecule has 0 spiro atoms. The number of phenols is 1. The normalized spacial score (nSPS) is 11.3. The lowest BCUT2D eigenvalue weighted by atomic mass is 9.86. The van der Waals surface area contributed by atoms with Gasteiger partial charge in [-0.3, -0.25) is 0 Å². The first-order valence-electron chi connectivity index (χ1n) is 6.46. The predicted octanol–water partition coefficient (Wildman–Crippen LogP) is 4.05. The molecule has 20 heavy (non-hydrogen) atoms. The van der Waals surface area contributed by atoms with E-state index in [4.69, 9.17) is 5.11 Å². The van der Waals surface area contributed by atoms with Crippen LogP contribution in [0.1, 0.15) is 36.7 Å². The minimum absolute atomic E-state index is 0.0833. The summed E-state index contributed by atoms with van der Waals surface area (Å²) in [4.78, 5) is 10.9. The number of hydrogen-bond donors (Lipinski definition) is 2. The third kappa shape index (κ3) is 2.82. The largest absolute Gasteiger partial charge is 0.507 e. The quantitative estimate of drug-likeness (QED) is 0.865. The van der Waals surface area contributed by atoms with Crippen LogP contribution in [0.3, 0.4) is 0 Å². The summed E-state index contributed by atoms with van der Waals surface area (Å²) >= 11 is 0. The molecular formula is C17H18O3. The van der Waals surface area contributed by atoms with Crippen LogP contribution in [0.5, 0.6) is 5.75 Å². The van der Waals surface area contributed by atoms with Crippen molar-refractivity contribution in [2.75, 3.05) is 0 Å². The van der Waals surface area contributed by atoms with E-state index in [9.17, 15) is 9.90 Å². The van der Waals surface area contributed by atoms with Gasteiger partial charge in [-0.25, -0.2) is 4.79 Å². The van der Waals surface area contributed by atoms with Gasteiger partial charge in [0.1, 0.15) is 11.3 Å². The second kappa shape index (κ2) is 5.00. The molecule has 0 saturated heterocycles. The summed E-state index contributed by atoms with van der Waals surface area (Å²) < 4.78 is 0. The number of carboxylic acid groups (broad SMARTS) is 1. The minimum Gasteiger partial charge on any atom is -0.507 e. The van der Waals surface area contributed by atoms with Gasteiger partial charge >= 0.3 is 5.97 Å². The van der Waals surface area contributed by atoms with Crippen molar-refractivity contribution in [1.82, 2.24) is 0 Å². The topological polar surface area (TPSA) is 57.5 Å². The lowest BCUT2D eigenvalue weighted by Gasteiger charge is -2.19. The van der Waals surface area contributed by atoms with Crippen molar-refractivity contribution in [2.45, 2.75) is 26.2 Å². The van der Waals surface area contributed by atoms with E-state index in [1.165, 1.54) is 17.7 Å². The first-order valence-corrected chi connectivity index (χ1v) is 6.46. The molecule has 2 aromatic rings. The monoisotopic (exact) mass is 270 g/mol. The van der Waals surface area contributed by atoms with E-state index >= 15 is 0 Å². The fourth-order valence-corrected chi connectivity index (χ4v) is 2.05. The van der Waals surface area contributed by atoms with Crippen molar-refractivity contribution >= 4 is 5.97 Å². The van der Waals surface area contributed by atoms with E-state index in [0.29, 0.717) is 0 Å². The Morgan fingerprint density at radius 2 is 1.50 bits per heavy atom. The van der Waals surface area contributed by atoms with Gasteiger partial charge < -0.3 is 10.2 Å². The second-order valence-corrected chi connectivity index (χ2v) is 5.86. The molecule has 2 aromatic carbocycles. The lowest BCUT2D eigenvalue weighted by Crippen LogP contribution is -2.10. The molecule has 0 saturated carbocycles. The number of aromatic hydroxyl groups is 1. The van der Waals surface area contributed by atoms with Gasteiger partial charge in [-0.2, -0.15) is 0 Å². The summed E-state index contributed by atoms with van der Waals surface area (Å²) in [7, 11) is 0. The highest BCUT2D eigenvalue weighted by atomic mass is 16.4. The van der Waals surface area contributed by atoms with E-state index < -0.39 is 5.97 Å². The van der Waals surface area contributed by atoms with Crippen LogP contribution in [-0.2, 0) is 5.41 Å². The number of benzene rings is 2. The molecule has 0 radical (unpaired) electrons. The van der Waals surface area contributed by atoms with Gasteiger partial charge in [0.15, 0.2) is 0 Å². The Morgan fingerprint density at radius 1 is 0.950 bits per heavy atom. The van der Waals surface area contributed by atoms with Crippen molar-refractivity contribution in [1.29, 1.82) is 0 Å². The molecule has 0 fully saturated rings. The molecule has 0 bridgehead atoms. The van der Waals surface area contributed by atoms with Crippen LogP contribution in [0.4, 0.5) is 0 Å². The third-order valence-corrected chi connectivity index (χ3v) is 3.31. The van der Waals surface area contributed by atoms with Crippen LogP contribution >= 0.6 is 0 Å². The van der Waals surface area contributed by atoms with Crippen LogP contribution < -0.4 is 0 Å². The van der Waals surface area contributed by atoms with Crippen molar-refractivity contribution in [2.24, 2.45) is 0 Å². The minimum atomic E-state index is -1.13. The van der Waals surface area contributed by atoms with Crippen LogP contribution in [0.15, 0.2) is 42.5 Å². The number of carbonyl (C=O) groups is 1. The molecule has 0 atom stereocenters. The molecule has 2 rings (SSSR count). The average molecular weight is 270 g/mol. The Balaban J connectivity index is 2.37. The molecule has 0 aliphatic carbocycles. The molecule has 3 nitrogen and oxygen atoms in total. The molecule has 0 unspecified atom stereocenters. The molecule has 0 aliphatic heterocycles. The van der Waals surface area contributed by atoms with E-state index in [1.54, 1.807) is 6.07 Å². The van der Waals surface area contributed by atoms with Crippen molar-refractivity contribution < 1.29 is 15.0 Å². The van der Waals surface area contributed by atoms with Crippen molar-refractivity contribution in [3.8, 4) is 16.9 Å². The summed E-state index contributed by atoms with van der Waals surface area (Å²) in [6.07, 6.45) is 0. The van der Waals surface area contributed by atoms with Crippen molar-refractivity contribution in [3.63, 3.8) is 0 Å². The summed E-state index contributed by atoms with van der Waals surface area (Å²) in [5, 5.41) is 18.6. The van der Waals surface area contributed by atoms with Crippen LogP contribution in [0, 0.1) is 0 Å². The van der Waals surface area contributed by atoms with Crippen LogP contribution in [0.25, 0.3) is 11.1 Å². The van der Waals surface area contributed by atoms with Gasteiger partial charge in [0.2, 0.25) is 0 Å². The van der Waals surface area contributed by atoms with E-state index in [-0.39, 0.29) is 16.7 Å².